The first kappa shape index (κ1) is 21.3. The average molecular weight is 423 g/mol. The molecule has 1 aliphatic carbocycles. The minimum absolute atomic E-state index is 0.191. The molecule has 2 aliphatic rings. The highest BCUT2D eigenvalue weighted by atomic mass is 19.1. The Morgan fingerprint density at radius 2 is 1.81 bits per heavy atom. The fourth-order valence-electron chi connectivity index (χ4n) is 4.43. The number of likely N-dealkylation sites (tertiary alicyclic amines) is 1. The van der Waals surface area contributed by atoms with Crippen LogP contribution < -0.4 is 10.1 Å². The molecule has 0 amide bonds. The molecule has 1 saturated carbocycles. The number of hydrogen-bond acceptors (Lipinski definition) is 5. The lowest BCUT2D eigenvalue weighted by Gasteiger charge is -2.20. The van der Waals surface area contributed by atoms with Gasteiger partial charge in [0, 0.05) is 32.2 Å². The van der Waals surface area contributed by atoms with Crippen LogP contribution in [-0.4, -0.2) is 48.3 Å². The van der Waals surface area contributed by atoms with Gasteiger partial charge in [0.2, 0.25) is 0 Å². The van der Waals surface area contributed by atoms with Gasteiger partial charge in [-0.1, -0.05) is 24.3 Å². The molecule has 1 saturated heterocycles. The standard InChI is InChI=1S/C24H26FN3O3/c25-19-5-1-17(2-6-19)13-28-14-21-22(15-28)23(21)27-9-10-31-20-7-3-16(4-8-20)11-18(12-26)24(29)30/h1-8,18,21-23,27H,9-11,13-15H2,(H,29,30)/t18?,21-,22+,23?. The summed E-state index contributed by atoms with van der Waals surface area (Å²) in [5.41, 5.74) is 1.95. The molecule has 0 aromatic heterocycles. The fraction of sp³-hybridized carbons (Fsp3) is 0.417. The van der Waals surface area contributed by atoms with Crippen molar-refractivity contribution in [3.05, 3.63) is 65.5 Å². The number of carbonyl (C=O) groups is 1. The second kappa shape index (κ2) is 9.46. The summed E-state index contributed by atoms with van der Waals surface area (Å²) in [4.78, 5) is 13.4. The van der Waals surface area contributed by atoms with Gasteiger partial charge in [-0.3, -0.25) is 9.69 Å². The molecule has 7 heteroatoms. The number of fused-ring (bicyclic) bond motifs is 1. The van der Waals surface area contributed by atoms with E-state index < -0.39 is 11.9 Å². The summed E-state index contributed by atoms with van der Waals surface area (Å²) in [7, 11) is 0. The minimum atomic E-state index is -1.10. The number of nitrogens with one attached hydrogen (secondary N) is 1. The first-order valence-corrected chi connectivity index (χ1v) is 10.6. The largest absolute Gasteiger partial charge is 0.492 e. The van der Waals surface area contributed by atoms with Crippen LogP contribution in [0.25, 0.3) is 0 Å². The van der Waals surface area contributed by atoms with Crippen molar-refractivity contribution in [3.63, 3.8) is 0 Å². The predicted molar refractivity (Wildman–Crippen MR) is 113 cm³/mol. The molecule has 2 aromatic rings. The number of nitrogens with zero attached hydrogens (tertiary/aromatic N) is 2. The van der Waals surface area contributed by atoms with Crippen molar-refractivity contribution in [2.45, 2.75) is 19.0 Å². The lowest BCUT2D eigenvalue weighted by Crippen LogP contribution is -2.33. The van der Waals surface area contributed by atoms with E-state index >= 15 is 0 Å². The van der Waals surface area contributed by atoms with Gasteiger partial charge < -0.3 is 15.2 Å². The lowest BCUT2D eigenvalue weighted by atomic mass is 10.0. The molecule has 1 aliphatic heterocycles. The average Bonchev–Trinajstić information content (AvgIpc) is 3.21. The van der Waals surface area contributed by atoms with Crippen molar-refractivity contribution in [2.75, 3.05) is 26.2 Å². The Morgan fingerprint density at radius 1 is 1.16 bits per heavy atom. The second-order valence-corrected chi connectivity index (χ2v) is 8.34. The number of nitriles is 1. The quantitative estimate of drug-likeness (QED) is 0.572. The number of hydrogen-bond donors (Lipinski definition) is 2. The smallest absolute Gasteiger partial charge is 0.321 e. The Kier molecular flexibility index (Phi) is 6.50. The van der Waals surface area contributed by atoms with Crippen molar-refractivity contribution < 1.29 is 19.0 Å². The van der Waals surface area contributed by atoms with Crippen LogP contribution >= 0.6 is 0 Å². The number of piperidine rings is 1. The van der Waals surface area contributed by atoms with E-state index in [0.29, 0.717) is 24.5 Å². The third-order valence-electron chi connectivity index (χ3n) is 6.16. The van der Waals surface area contributed by atoms with Crippen molar-refractivity contribution in [2.24, 2.45) is 17.8 Å². The van der Waals surface area contributed by atoms with Gasteiger partial charge in [-0.05, 0) is 53.6 Å². The molecule has 2 aromatic carbocycles. The summed E-state index contributed by atoms with van der Waals surface area (Å²) in [5, 5.41) is 21.4. The van der Waals surface area contributed by atoms with Crippen LogP contribution in [0.15, 0.2) is 48.5 Å². The van der Waals surface area contributed by atoms with Gasteiger partial charge in [0.25, 0.3) is 0 Å². The number of rotatable bonds is 10. The van der Waals surface area contributed by atoms with Crippen LogP contribution in [0.5, 0.6) is 5.75 Å². The van der Waals surface area contributed by atoms with Crippen molar-refractivity contribution in [1.29, 1.82) is 5.26 Å². The van der Waals surface area contributed by atoms with E-state index in [2.05, 4.69) is 10.2 Å². The van der Waals surface area contributed by atoms with Crippen LogP contribution in [0.2, 0.25) is 0 Å². The fourth-order valence-corrected chi connectivity index (χ4v) is 4.43. The van der Waals surface area contributed by atoms with E-state index in [1.807, 2.05) is 24.3 Å². The molecule has 1 heterocycles. The van der Waals surface area contributed by atoms with Gasteiger partial charge >= 0.3 is 5.97 Å². The van der Waals surface area contributed by atoms with E-state index in [1.165, 1.54) is 12.1 Å². The van der Waals surface area contributed by atoms with Crippen molar-refractivity contribution in [3.8, 4) is 11.8 Å². The number of ether oxygens (including phenoxy) is 1. The van der Waals surface area contributed by atoms with Gasteiger partial charge in [-0.15, -0.1) is 0 Å². The molecular weight excluding hydrogens is 397 g/mol. The zero-order chi connectivity index (χ0) is 21.8. The molecule has 2 N–H and O–H groups in total. The normalized spacial score (nSPS) is 23.0. The molecule has 2 fully saturated rings. The number of aliphatic carboxylic acids is 1. The monoisotopic (exact) mass is 423 g/mol. The number of carboxylic acids is 1. The zero-order valence-corrected chi connectivity index (χ0v) is 17.2. The van der Waals surface area contributed by atoms with Gasteiger partial charge in [0.15, 0.2) is 0 Å². The van der Waals surface area contributed by atoms with Gasteiger partial charge in [-0.25, -0.2) is 4.39 Å². The summed E-state index contributed by atoms with van der Waals surface area (Å²) in [6.07, 6.45) is 0.191. The molecule has 162 valence electrons. The summed E-state index contributed by atoms with van der Waals surface area (Å²) in [6, 6.07) is 16.3. The molecule has 31 heavy (non-hydrogen) atoms. The maximum Gasteiger partial charge on any atom is 0.321 e. The highest BCUT2D eigenvalue weighted by molar-refractivity contribution is 5.73. The summed E-state index contributed by atoms with van der Waals surface area (Å²) in [6.45, 7) is 4.35. The van der Waals surface area contributed by atoms with Crippen molar-refractivity contribution >= 4 is 5.97 Å². The Hall–Kier alpha value is -2.95. The molecule has 0 spiro atoms. The third kappa shape index (κ3) is 5.40. The molecule has 0 radical (unpaired) electrons. The molecule has 6 nitrogen and oxygen atoms in total. The van der Waals surface area contributed by atoms with E-state index in [1.54, 1.807) is 18.2 Å². The van der Waals surface area contributed by atoms with E-state index in [-0.39, 0.29) is 12.2 Å². The second-order valence-electron chi connectivity index (χ2n) is 8.34. The Bertz CT molecular complexity index is 930. The maximum absolute atomic E-state index is 13.0. The Labute approximate surface area is 181 Å². The van der Waals surface area contributed by atoms with Crippen LogP contribution in [-0.2, 0) is 17.8 Å². The third-order valence-corrected chi connectivity index (χ3v) is 6.16. The first-order valence-electron chi connectivity index (χ1n) is 10.6. The highest BCUT2D eigenvalue weighted by Gasteiger charge is 2.55. The summed E-state index contributed by atoms with van der Waals surface area (Å²) in [5.74, 6) is -0.223. The molecule has 0 bridgehead atoms. The molecule has 4 atom stereocenters. The van der Waals surface area contributed by atoms with Crippen molar-refractivity contribution in [1.82, 2.24) is 10.2 Å². The van der Waals surface area contributed by atoms with Crippen LogP contribution in [0.4, 0.5) is 4.39 Å². The highest BCUT2D eigenvalue weighted by Crippen LogP contribution is 2.45. The summed E-state index contributed by atoms with van der Waals surface area (Å²) < 4.78 is 18.8. The van der Waals surface area contributed by atoms with Crippen LogP contribution in [0.1, 0.15) is 11.1 Å². The van der Waals surface area contributed by atoms with Gasteiger partial charge in [0.05, 0.1) is 6.07 Å². The zero-order valence-electron chi connectivity index (χ0n) is 17.2. The Balaban J connectivity index is 1.12. The van der Waals surface area contributed by atoms with Crippen LogP contribution in [0.3, 0.4) is 0 Å². The number of benzene rings is 2. The Morgan fingerprint density at radius 3 is 2.42 bits per heavy atom. The SMILES string of the molecule is N#CC(Cc1ccc(OCCNC2[C@H]3CN(Cc4ccc(F)cc4)C[C@@H]23)cc1)C(=O)O. The predicted octanol–water partition coefficient (Wildman–Crippen LogP) is 2.69. The molecule has 4 rings (SSSR count). The number of halogens is 1. The lowest BCUT2D eigenvalue weighted by molar-refractivity contribution is -0.139. The first-order chi connectivity index (χ1) is 15.0. The minimum Gasteiger partial charge on any atom is -0.492 e. The number of carboxylic acid groups (broad SMARTS) is 1. The maximum atomic E-state index is 13.0. The topological polar surface area (TPSA) is 85.6 Å². The van der Waals surface area contributed by atoms with Gasteiger partial charge in [0.1, 0.15) is 24.1 Å². The van der Waals surface area contributed by atoms with E-state index in [0.717, 1.165) is 43.1 Å². The molecule has 2 unspecified atom stereocenters. The van der Waals surface area contributed by atoms with Crippen LogP contribution in [0, 0.1) is 34.9 Å². The van der Waals surface area contributed by atoms with E-state index in [9.17, 15) is 9.18 Å². The van der Waals surface area contributed by atoms with E-state index in [4.69, 9.17) is 15.1 Å². The molecular formula is C24H26FN3O3. The summed E-state index contributed by atoms with van der Waals surface area (Å²) >= 11 is 0. The van der Waals surface area contributed by atoms with Gasteiger partial charge in [-0.2, -0.15) is 5.26 Å².